The van der Waals surface area contributed by atoms with E-state index in [1.54, 1.807) is 17.7 Å². The molecule has 0 saturated heterocycles. The number of rotatable bonds is 5. The Kier molecular flexibility index (Phi) is 4.53. The molecule has 0 saturated carbocycles. The number of amides is 1. The molecule has 0 fully saturated rings. The van der Waals surface area contributed by atoms with Gasteiger partial charge in [-0.25, -0.2) is 4.68 Å². The third kappa shape index (κ3) is 3.45. The molecule has 1 aromatic heterocycles. The zero-order valence-corrected chi connectivity index (χ0v) is 11.7. The van der Waals surface area contributed by atoms with Crippen LogP contribution in [-0.4, -0.2) is 33.4 Å². The van der Waals surface area contributed by atoms with E-state index in [4.69, 9.17) is 5.11 Å². The maximum absolute atomic E-state index is 12.0. The van der Waals surface area contributed by atoms with Gasteiger partial charge in [0.05, 0.1) is 11.8 Å². The molecule has 2 aromatic rings. The number of benzene rings is 1. The summed E-state index contributed by atoms with van der Waals surface area (Å²) in [7, 11) is 0. The van der Waals surface area contributed by atoms with E-state index in [0.29, 0.717) is 18.7 Å². The Morgan fingerprint density at radius 2 is 2.10 bits per heavy atom. The Balaban J connectivity index is 2.09. The molecule has 2 N–H and O–H groups in total. The standard InChI is InChI=1S/C15H19N3O2/c1-11-10-14(15(20)16-9-8-12(2)19)17-18(11)13-6-4-3-5-7-13/h3-7,10,12,19H,8-9H2,1-2H3,(H,16,20). The quantitative estimate of drug-likeness (QED) is 0.871. The summed E-state index contributed by atoms with van der Waals surface area (Å²) < 4.78 is 1.74. The number of para-hydroxylation sites is 1. The highest BCUT2D eigenvalue weighted by Gasteiger charge is 2.12. The third-order valence-corrected chi connectivity index (χ3v) is 2.97. The Labute approximate surface area is 118 Å². The fraction of sp³-hybridized carbons (Fsp3) is 0.333. The van der Waals surface area contributed by atoms with E-state index in [2.05, 4.69) is 10.4 Å². The van der Waals surface area contributed by atoms with Crippen LogP contribution in [0.2, 0.25) is 0 Å². The monoisotopic (exact) mass is 273 g/mol. The van der Waals surface area contributed by atoms with Gasteiger partial charge in [0.2, 0.25) is 0 Å². The van der Waals surface area contributed by atoms with Crippen LogP contribution in [0.4, 0.5) is 0 Å². The molecule has 1 heterocycles. The molecule has 5 nitrogen and oxygen atoms in total. The summed E-state index contributed by atoms with van der Waals surface area (Å²) in [6, 6.07) is 11.4. The number of hydrogen-bond acceptors (Lipinski definition) is 3. The van der Waals surface area contributed by atoms with Crippen LogP contribution in [0.15, 0.2) is 36.4 Å². The third-order valence-electron chi connectivity index (χ3n) is 2.97. The summed E-state index contributed by atoms with van der Waals surface area (Å²) in [5.41, 5.74) is 2.21. The van der Waals surface area contributed by atoms with Gasteiger partial charge < -0.3 is 10.4 Å². The molecule has 1 amide bonds. The number of aliphatic hydroxyl groups excluding tert-OH is 1. The van der Waals surface area contributed by atoms with E-state index in [1.165, 1.54) is 0 Å². The lowest BCUT2D eigenvalue weighted by atomic mass is 10.3. The van der Waals surface area contributed by atoms with Crippen LogP contribution in [0.3, 0.4) is 0 Å². The maximum Gasteiger partial charge on any atom is 0.271 e. The number of aromatic nitrogens is 2. The molecule has 106 valence electrons. The van der Waals surface area contributed by atoms with Crippen LogP contribution >= 0.6 is 0 Å². The van der Waals surface area contributed by atoms with Crippen molar-refractivity contribution in [1.29, 1.82) is 0 Å². The summed E-state index contributed by atoms with van der Waals surface area (Å²) in [5.74, 6) is -0.219. The molecular formula is C15H19N3O2. The Hall–Kier alpha value is -2.14. The summed E-state index contributed by atoms with van der Waals surface area (Å²) >= 11 is 0. The zero-order valence-electron chi connectivity index (χ0n) is 11.7. The molecule has 1 unspecified atom stereocenters. The first-order valence-corrected chi connectivity index (χ1v) is 6.66. The Morgan fingerprint density at radius 3 is 2.75 bits per heavy atom. The number of hydrogen-bond donors (Lipinski definition) is 2. The van der Waals surface area contributed by atoms with Crippen molar-refractivity contribution in [1.82, 2.24) is 15.1 Å². The average molecular weight is 273 g/mol. The minimum atomic E-state index is -0.418. The predicted molar refractivity (Wildman–Crippen MR) is 76.9 cm³/mol. The van der Waals surface area contributed by atoms with Crippen molar-refractivity contribution in [2.75, 3.05) is 6.54 Å². The fourth-order valence-corrected chi connectivity index (χ4v) is 1.90. The first-order chi connectivity index (χ1) is 9.58. The first kappa shape index (κ1) is 14.3. The van der Waals surface area contributed by atoms with Gasteiger partial charge in [-0.15, -0.1) is 0 Å². The molecule has 2 rings (SSSR count). The molecule has 1 aromatic carbocycles. The van der Waals surface area contributed by atoms with Gasteiger partial charge in [0.1, 0.15) is 0 Å². The SMILES string of the molecule is Cc1cc(C(=O)NCCC(C)O)nn1-c1ccccc1. The van der Waals surface area contributed by atoms with Gasteiger partial charge in [-0.2, -0.15) is 5.10 Å². The Bertz CT molecular complexity index is 576. The molecule has 0 aliphatic rings. The lowest BCUT2D eigenvalue weighted by Crippen LogP contribution is -2.27. The minimum absolute atomic E-state index is 0.219. The smallest absolute Gasteiger partial charge is 0.271 e. The number of nitrogens with zero attached hydrogens (tertiary/aromatic N) is 2. The van der Waals surface area contributed by atoms with Crippen molar-refractivity contribution in [2.45, 2.75) is 26.4 Å². The van der Waals surface area contributed by atoms with Crippen LogP contribution in [0.1, 0.15) is 29.5 Å². The predicted octanol–water partition coefficient (Wildman–Crippen LogP) is 1.68. The van der Waals surface area contributed by atoms with E-state index < -0.39 is 6.10 Å². The Morgan fingerprint density at radius 1 is 1.40 bits per heavy atom. The van der Waals surface area contributed by atoms with Crippen LogP contribution < -0.4 is 5.32 Å². The van der Waals surface area contributed by atoms with Gasteiger partial charge in [0.15, 0.2) is 5.69 Å². The van der Waals surface area contributed by atoms with Gasteiger partial charge in [-0.1, -0.05) is 18.2 Å². The van der Waals surface area contributed by atoms with Gasteiger partial charge in [-0.3, -0.25) is 4.79 Å². The second-order valence-corrected chi connectivity index (χ2v) is 4.81. The lowest BCUT2D eigenvalue weighted by molar-refractivity contribution is 0.0940. The zero-order chi connectivity index (χ0) is 14.5. The van der Waals surface area contributed by atoms with E-state index in [1.807, 2.05) is 37.3 Å². The highest BCUT2D eigenvalue weighted by Crippen LogP contribution is 2.11. The fourth-order valence-electron chi connectivity index (χ4n) is 1.90. The van der Waals surface area contributed by atoms with E-state index in [0.717, 1.165) is 11.4 Å². The van der Waals surface area contributed by atoms with Crippen molar-refractivity contribution in [2.24, 2.45) is 0 Å². The second kappa shape index (κ2) is 6.34. The molecule has 0 bridgehead atoms. The van der Waals surface area contributed by atoms with Crippen molar-refractivity contribution in [3.63, 3.8) is 0 Å². The van der Waals surface area contributed by atoms with E-state index in [-0.39, 0.29) is 5.91 Å². The average Bonchev–Trinajstić information content (AvgIpc) is 2.81. The van der Waals surface area contributed by atoms with Gasteiger partial charge in [0.25, 0.3) is 5.91 Å². The molecule has 0 spiro atoms. The number of aryl methyl sites for hydroxylation is 1. The molecule has 20 heavy (non-hydrogen) atoms. The number of nitrogens with one attached hydrogen (secondary N) is 1. The normalized spacial score (nSPS) is 12.2. The molecule has 5 heteroatoms. The molecule has 1 atom stereocenters. The minimum Gasteiger partial charge on any atom is -0.393 e. The number of carbonyl (C=O) groups is 1. The molecular weight excluding hydrogens is 254 g/mol. The highest BCUT2D eigenvalue weighted by molar-refractivity contribution is 5.92. The van der Waals surface area contributed by atoms with E-state index >= 15 is 0 Å². The van der Waals surface area contributed by atoms with Crippen LogP contribution in [0, 0.1) is 6.92 Å². The summed E-state index contributed by atoms with van der Waals surface area (Å²) in [6.07, 6.45) is 0.114. The van der Waals surface area contributed by atoms with Gasteiger partial charge in [-0.05, 0) is 38.5 Å². The molecule has 0 aliphatic carbocycles. The second-order valence-electron chi connectivity index (χ2n) is 4.81. The van der Waals surface area contributed by atoms with Crippen molar-refractivity contribution in [3.8, 4) is 5.69 Å². The topological polar surface area (TPSA) is 67.2 Å². The summed E-state index contributed by atoms with van der Waals surface area (Å²) in [4.78, 5) is 12.0. The van der Waals surface area contributed by atoms with Crippen LogP contribution in [0.25, 0.3) is 5.69 Å². The number of carbonyl (C=O) groups excluding carboxylic acids is 1. The van der Waals surface area contributed by atoms with Crippen molar-refractivity contribution < 1.29 is 9.90 Å². The van der Waals surface area contributed by atoms with Gasteiger partial charge in [0, 0.05) is 12.2 Å². The van der Waals surface area contributed by atoms with Crippen molar-refractivity contribution >= 4 is 5.91 Å². The van der Waals surface area contributed by atoms with Crippen molar-refractivity contribution in [3.05, 3.63) is 47.8 Å². The molecule has 0 radical (unpaired) electrons. The summed E-state index contributed by atoms with van der Waals surface area (Å²) in [5, 5.41) is 16.2. The first-order valence-electron chi connectivity index (χ1n) is 6.66. The van der Waals surface area contributed by atoms with Gasteiger partial charge >= 0.3 is 0 Å². The molecule has 0 aliphatic heterocycles. The number of aliphatic hydroxyl groups is 1. The largest absolute Gasteiger partial charge is 0.393 e. The van der Waals surface area contributed by atoms with E-state index in [9.17, 15) is 4.79 Å². The highest BCUT2D eigenvalue weighted by atomic mass is 16.3. The lowest BCUT2D eigenvalue weighted by Gasteiger charge is -2.05. The van der Waals surface area contributed by atoms with Crippen LogP contribution in [-0.2, 0) is 0 Å². The maximum atomic E-state index is 12.0. The van der Waals surface area contributed by atoms with Crippen LogP contribution in [0.5, 0.6) is 0 Å². The summed E-state index contributed by atoms with van der Waals surface area (Å²) in [6.45, 7) is 4.04.